The Bertz CT molecular complexity index is 908. The van der Waals surface area contributed by atoms with Gasteiger partial charge in [-0.2, -0.15) is 0 Å². The van der Waals surface area contributed by atoms with Crippen LogP contribution in [0.3, 0.4) is 0 Å². The third-order valence-electron chi connectivity index (χ3n) is 6.36. The zero-order valence-corrected chi connectivity index (χ0v) is 18.2. The van der Waals surface area contributed by atoms with Gasteiger partial charge < -0.3 is 9.64 Å². The van der Waals surface area contributed by atoms with E-state index in [0.29, 0.717) is 6.04 Å². The average molecular weight is 410 g/mol. The van der Waals surface area contributed by atoms with Crippen molar-refractivity contribution in [2.75, 3.05) is 13.6 Å². The molecule has 0 aromatic carbocycles. The maximum Gasteiger partial charge on any atom is 0.225 e. The van der Waals surface area contributed by atoms with Crippen molar-refractivity contribution >= 4 is 21.6 Å². The first-order chi connectivity index (χ1) is 14.2. The van der Waals surface area contributed by atoms with E-state index in [1.54, 1.807) is 6.33 Å². The highest BCUT2D eigenvalue weighted by molar-refractivity contribution is 7.18. The molecule has 5 heteroatoms. The minimum absolute atomic E-state index is 0.263. The van der Waals surface area contributed by atoms with Crippen LogP contribution in [0.15, 0.2) is 43.3 Å². The molecule has 1 fully saturated rings. The Morgan fingerprint density at radius 2 is 2.07 bits per heavy atom. The van der Waals surface area contributed by atoms with Crippen molar-refractivity contribution in [1.82, 2.24) is 14.9 Å². The van der Waals surface area contributed by atoms with Gasteiger partial charge in [-0.3, -0.25) is 0 Å². The smallest absolute Gasteiger partial charge is 0.225 e. The largest absolute Gasteiger partial charge is 0.474 e. The van der Waals surface area contributed by atoms with Crippen LogP contribution in [0.4, 0.5) is 0 Å². The minimum atomic E-state index is 0.263. The van der Waals surface area contributed by atoms with Crippen LogP contribution in [0.5, 0.6) is 5.88 Å². The standard InChI is InChI=1S/C24H31N3OS/c1-4-7-17(5-2)14-15-27(3)18-10-12-19(13-11-18)28-23-22-20-8-6-9-21(20)29-24(22)26-16-25-23/h4-5,7,16,18-19H,1-2,6,8-15H2,3H3/b17-7+. The first kappa shape index (κ1) is 20.3. The van der Waals surface area contributed by atoms with Gasteiger partial charge >= 0.3 is 0 Å². The molecule has 154 valence electrons. The van der Waals surface area contributed by atoms with Crippen molar-refractivity contribution in [2.45, 2.75) is 63.5 Å². The molecule has 0 spiro atoms. The maximum absolute atomic E-state index is 6.43. The second kappa shape index (κ2) is 9.23. The van der Waals surface area contributed by atoms with Crippen LogP contribution >= 0.6 is 11.3 Å². The second-order valence-electron chi connectivity index (χ2n) is 8.18. The molecule has 0 radical (unpaired) electrons. The van der Waals surface area contributed by atoms with E-state index in [4.69, 9.17) is 4.74 Å². The summed E-state index contributed by atoms with van der Waals surface area (Å²) in [5.41, 5.74) is 2.69. The van der Waals surface area contributed by atoms with Crippen molar-refractivity contribution in [1.29, 1.82) is 0 Å². The van der Waals surface area contributed by atoms with Crippen molar-refractivity contribution in [2.24, 2.45) is 0 Å². The minimum Gasteiger partial charge on any atom is -0.474 e. The summed E-state index contributed by atoms with van der Waals surface area (Å²) in [4.78, 5) is 14.1. The first-order valence-corrected chi connectivity index (χ1v) is 11.6. The predicted octanol–water partition coefficient (Wildman–Crippen LogP) is 5.49. The SMILES string of the molecule is C=C/C=C(\C=C)CCN(C)C1CCC(Oc2ncnc3sc4c(c23)CCC4)CC1. The molecule has 29 heavy (non-hydrogen) atoms. The van der Waals surface area contributed by atoms with Crippen LogP contribution < -0.4 is 4.74 Å². The van der Waals surface area contributed by atoms with Crippen molar-refractivity contribution in [3.63, 3.8) is 0 Å². The van der Waals surface area contributed by atoms with E-state index in [1.165, 1.54) is 47.1 Å². The fourth-order valence-electron chi connectivity index (χ4n) is 4.64. The monoisotopic (exact) mass is 409 g/mol. The van der Waals surface area contributed by atoms with Crippen LogP contribution in [-0.4, -0.2) is 40.6 Å². The number of aromatic nitrogens is 2. The fraction of sp³-hybridized carbons (Fsp3) is 0.500. The Morgan fingerprint density at radius 1 is 1.24 bits per heavy atom. The van der Waals surface area contributed by atoms with E-state index in [2.05, 4.69) is 41.1 Å². The third-order valence-corrected chi connectivity index (χ3v) is 7.56. The highest BCUT2D eigenvalue weighted by Gasteiger charge is 2.27. The molecule has 0 N–H and O–H groups in total. The Kier molecular flexibility index (Phi) is 6.46. The van der Waals surface area contributed by atoms with Gasteiger partial charge in [0.1, 0.15) is 17.3 Å². The Morgan fingerprint density at radius 3 is 2.83 bits per heavy atom. The van der Waals surface area contributed by atoms with E-state index >= 15 is 0 Å². The predicted molar refractivity (Wildman–Crippen MR) is 122 cm³/mol. The van der Waals surface area contributed by atoms with Crippen molar-refractivity contribution in [3.8, 4) is 5.88 Å². The Labute approximate surface area is 178 Å². The number of thiophene rings is 1. The lowest BCUT2D eigenvalue weighted by Crippen LogP contribution is -2.38. The van der Waals surface area contributed by atoms with Gasteiger partial charge in [0.2, 0.25) is 5.88 Å². The molecule has 2 aromatic heterocycles. The van der Waals surface area contributed by atoms with Gasteiger partial charge in [0, 0.05) is 17.5 Å². The van der Waals surface area contributed by atoms with E-state index in [0.717, 1.165) is 42.9 Å². The number of ether oxygens (including phenoxy) is 1. The molecule has 0 bridgehead atoms. The number of rotatable bonds is 8. The second-order valence-corrected chi connectivity index (χ2v) is 9.26. The normalized spacial score (nSPS) is 22.1. The van der Waals surface area contributed by atoms with Gasteiger partial charge in [-0.25, -0.2) is 9.97 Å². The van der Waals surface area contributed by atoms with E-state index < -0.39 is 0 Å². The van der Waals surface area contributed by atoms with Crippen LogP contribution in [-0.2, 0) is 12.8 Å². The van der Waals surface area contributed by atoms with Crippen LogP contribution in [0, 0.1) is 0 Å². The molecular weight excluding hydrogens is 378 g/mol. The molecule has 2 aromatic rings. The van der Waals surface area contributed by atoms with Crippen LogP contribution in [0.1, 0.15) is 49.0 Å². The lowest BCUT2D eigenvalue weighted by molar-refractivity contribution is 0.0991. The number of hydrogen-bond donors (Lipinski definition) is 0. The average Bonchev–Trinajstić information content (AvgIpc) is 3.33. The van der Waals surface area contributed by atoms with Crippen LogP contribution in [0.25, 0.3) is 10.2 Å². The topological polar surface area (TPSA) is 38.2 Å². The zero-order chi connectivity index (χ0) is 20.2. The summed E-state index contributed by atoms with van der Waals surface area (Å²) in [6, 6.07) is 0.625. The summed E-state index contributed by atoms with van der Waals surface area (Å²) in [6.07, 6.45) is 16.9. The van der Waals surface area contributed by atoms with Gasteiger partial charge in [-0.15, -0.1) is 11.3 Å². The number of nitrogens with zero attached hydrogens (tertiary/aromatic N) is 3. The van der Waals surface area contributed by atoms with E-state index in [-0.39, 0.29) is 6.10 Å². The summed E-state index contributed by atoms with van der Waals surface area (Å²) in [5.74, 6) is 0.816. The van der Waals surface area contributed by atoms with Crippen molar-refractivity contribution in [3.05, 3.63) is 53.7 Å². The highest BCUT2D eigenvalue weighted by Crippen LogP contribution is 2.40. The van der Waals surface area contributed by atoms with Gasteiger partial charge in [0.25, 0.3) is 0 Å². The molecular formula is C24H31N3OS. The Hall–Kier alpha value is -1.98. The van der Waals surface area contributed by atoms with E-state index in [1.807, 2.05) is 23.5 Å². The zero-order valence-electron chi connectivity index (χ0n) is 17.4. The Balaban J connectivity index is 1.34. The third kappa shape index (κ3) is 4.46. The summed E-state index contributed by atoms with van der Waals surface area (Å²) >= 11 is 1.82. The molecule has 2 heterocycles. The molecule has 0 unspecified atom stereocenters. The van der Waals surface area contributed by atoms with E-state index in [9.17, 15) is 0 Å². The highest BCUT2D eigenvalue weighted by atomic mass is 32.1. The number of aryl methyl sites for hydroxylation is 2. The first-order valence-electron chi connectivity index (χ1n) is 10.8. The molecule has 0 atom stereocenters. The van der Waals surface area contributed by atoms with Crippen molar-refractivity contribution < 1.29 is 4.74 Å². The number of allylic oxidation sites excluding steroid dienone is 3. The summed E-state index contributed by atoms with van der Waals surface area (Å²) < 4.78 is 6.43. The summed E-state index contributed by atoms with van der Waals surface area (Å²) in [6.45, 7) is 8.73. The summed E-state index contributed by atoms with van der Waals surface area (Å²) in [5, 5.41) is 1.19. The number of hydrogen-bond acceptors (Lipinski definition) is 5. The molecule has 2 aliphatic carbocycles. The fourth-order valence-corrected chi connectivity index (χ4v) is 5.86. The molecule has 1 saturated carbocycles. The van der Waals surface area contributed by atoms with Gasteiger partial charge in [0.15, 0.2) is 0 Å². The van der Waals surface area contributed by atoms with Crippen LogP contribution in [0.2, 0.25) is 0 Å². The quantitative estimate of drug-likeness (QED) is 0.540. The molecule has 0 aliphatic heterocycles. The van der Waals surface area contributed by atoms with Gasteiger partial charge in [0.05, 0.1) is 5.39 Å². The molecule has 0 saturated heterocycles. The molecule has 2 aliphatic rings. The number of fused-ring (bicyclic) bond motifs is 3. The lowest BCUT2D eigenvalue weighted by atomic mass is 9.92. The van der Waals surface area contributed by atoms with Gasteiger partial charge in [-0.05, 0) is 69.6 Å². The lowest BCUT2D eigenvalue weighted by Gasteiger charge is -2.34. The maximum atomic E-state index is 6.43. The molecule has 4 rings (SSSR count). The molecule has 4 nitrogen and oxygen atoms in total. The molecule has 0 amide bonds. The summed E-state index contributed by atoms with van der Waals surface area (Å²) in [7, 11) is 2.24. The van der Waals surface area contributed by atoms with Gasteiger partial charge in [-0.1, -0.05) is 31.4 Å².